The Morgan fingerprint density at radius 1 is 1.07 bits per heavy atom. The second-order valence-electron chi connectivity index (χ2n) is 6.31. The number of carbonyl (C=O) groups excluding carboxylic acids is 2. The maximum Gasteiger partial charge on any atom is 0.331 e. The molecular formula is C21H20ClFN2O3. The average Bonchev–Trinajstić information content (AvgIpc) is 2.71. The minimum Gasteiger partial charge on any atom is -0.452 e. The topological polar surface area (TPSA) is 49.9 Å². The first kappa shape index (κ1) is 19.9. The predicted molar refractivity (Wildman–Crippen MR) is 107 cm³/mol. The number of amides is 1. The van der Waals surface area contributed by atoms with E-state index in [1.54, 1.807) is 23.1 Å². The van der Waals surface area contributed by atoms with Crippen molar-refractivity contribution in [3.8, 4) is 0 Å². The number of nitrogens with zero attached hydrogens (tertiary/aromatic N) is 2. The molecule has 3 rings (SSSR count). The third-order valence-electron chi connectivity index (χ3n) is 4.45. The average molecular weight is 403 g/mol. The van der Waals surface area contributed by atoms with Crippen molar-refractivity contribution in [2.75, 3.05) is 37.7 Å². The number of hydrogen-bond acceptors (Lipinski definition) is 4. The van der Waals surface area contributed by atoms with Crippen LogP contribution < -0.4 is 4.90 Å². The molecule has 1 aliphatic rings. The standard InChI is InChI=1S/C21H20ClFN2O3/c22-17-5-3-6-18(14-17)24-10-12-25(13-11-24)20(26)15-28-21(27)9-8-16-4-1-2-7-19(16)23/h1-9,14H,10-13,15H2/b9-8+. The van der Waals surface area contributed by atoms with Crippen LogP contribution in [0.3, 0.4) is 0 Å². The highest BCUT2D eigenvalue weighted by atomic mass is 35.5. The fourth-order valence-corrected chi connectivity index (χ4v) is 3.11. The maximum atomic E-state index is 13.5. The Morgan fingerprint density at radius 3 is 2.54 bits per heavy atom. The lowest BCUT2D eigenvalue weighted by Gasteiger charge is -2.36. The van der Waals surface area contributed by atoms with E-state index in [0.29, 0.717) is 31.2 Å². The summed E-state index contributed by atoms with van der Waals surface area (Å²) < 4.78 is 18.5. The lowest BCUT2D eigenvalue weighted by atomic mass is 10.2. The summed E-state index contributed by atoms with van der Waals surface area (Å²) in [6.07, 6.45) is 2.44. The van der Waals surface area contributed by atoms with Crippen molar-refractivity contribution >= 4 is 35.2 Å². The Balaban J connectivity index is 1.44. The maximum absolute atomic E-state index is 13.5. The summed E-state index contributed by atoms with van der Waals surface area (Å²) in [6, 6.07) is 13.7. The number of benzene rings is 2. The van der Waals surface area contributed by atoms with E-state index in [4.69, 9.17) is 16.3 Å². The van der Waals surface area contributed by atoms with Crippen molar-refractivity contribution in [2.24, 2.45) is 0 Å². The van der Waals surface area contributed by atoms with E-state index >= 15 is 0 Å². The Bertz CT molecular complexity index is 879. The monoisotopic (exact) mass is 402 g/mol. The summed E-state index contributed by atoms with van der Waals surface area (Å²) in [6.45, 7) is 2.08. The number of ether oxygens (including phenoxy) is 1. The summed E-state index contributed by atoms with van der Waals surface area (Å²) in [5.74, 6) is -1.37. The first-order valence-electron chi connectivity index (χ1n) is 8.90. The van der Waals surface area contributed by atoms with Crippen molar-refractivity contribution in [3.63, 3.8) is 0 Å². The van der Waals surface area contributed by atoms with Gasteiger partial charge in [0.2, 0.25) is 0 Å². The van der Waals surface area contributed by atoms with Crippen LogP contribution in [0.5, 0.6) is 0 Å². The van der Waals surface area contributed by atoms with Crippen LogP contribution in [0.15, 0.2) is 54.6 Å². The lowest BCUT2D eigenvalue weighted by molar-refractivity contribution is -0.148. The predicted octanol–water partition coefficient (Wildman–Crippen LogP) is 3.38. The number of esters is 1. The van der Waals surface area contributed by atoms with E-state index in [1.807, 2.05) is 24.3 Å². The van der Waals surface area contributed by atoms with Gasteiger partial charge in [0.15, 0.2) is 6.61 Å². The van der Waals surface area contributed by atoms with Gasteiger partial charge in [-0.3, -0.25) is 4.79 Å². The first-order chi connectivity index (χ1) is 13.5. The summed E-state index contributed by atoms with van der Waals surface area (Å²) in [5, 5.41) is 0.673. The van der Waals surface area contributed by atoms with Gasteiger partial charge in [-0.05, 0) is 30.3 Å². The van der Waals surface area contributed by atoms with Crippen molar-refractivity contribution in [1.82, 2.24) is 4.90 Å². The third kappa shape index (κ3) is 5.33. The molecule has 5 nitrogen and oxygen atoms in total. The van der Waals surface area contributed by atoms with Gasteiger partial charge >= 0.3 is 5.97 Å². The fraction of sp³-hybridized carbons (Fsp3) is 0.238. The molecule has 0 aromatic heterocycles. The fourth-order valence-electron chi connectivity index (χ4n) is 2.93. The molecule has 7 heteroatoms. The van der Waals surface area contributed by atoms with Crippen LogP contribution >= 0.6 is 11.6 Å². The van der Waals surface area contributed by atoms with Gasteiger partial charge < -0.3 is 14.5 Å². The number of hydrogen-bond donors (Lipinski definition) is 0. The zero-order valence-electron chi connectivity index (χ0n) is 15.2. The second kappa shape index (κ2) is 9.37. The SMILES string of the molecule is O=C(/C=C/c1ccccc1F)OCC(=O)N1CCN(c2cccc(Cl)c2)CC1. The van der Waals surface area contributed by atoms with E-state index < -0.39 is 11.8 Å². The molecule has 0 bridgehead atoms. The highest BCUT2D eigenvalue weighted by molar-refractivity contribution is 6.30. The molecule has 146 valence electrons. The molecule has 28 heavy (non-hydrogen) atoms. The van der Waals surface area contributed by atoms with Gasteiger partial charge in [-0.25, -0.2) is 9.18 Å². The number of halogens is 2. The van der Waals surface area contributed by atoms with Crippen molar-refractivity contribution in [1.29, 1.82) is 0 Å². The molecule has 0 N–H and O–H groups in total. The van der Waals surface area contributed by atoms with Crippen LogP contribution in [-0.2, 0) is 14.3 Å². The van der Waals surface area contributed by atoms with E-state index in [9.17, 15) is 14.0 Å². The van der Waals surface area contributed by atoms with Crippen molar-refractivity contribution in [2.45, 2.75) is 0 Å². The van der Waals surface area contributed by atoms with Gasteiger partial charge in [0, 0.05) is 48.5 Å². The smallest absolute Gasteiger partial charge is 0.331 e. The number of rotatable bonds is 5. The van der Waals surface area contributed by atoms with Gasteiger partial charge in [0.05, 0.1) is 0 Å². The van der Waals surface area contributed by atoms with Gasteiger partial charge in [-0.2, -0.15) is 0 Å². The summed E-state index contributed by atoms with van der Waals surface area (Å²) in [5.41, 5.74) is 1.30. The van der Waals surface area contributed by atoms with Crippen LogP contribution in [0.1, 0.15) is 5.56 Å². The quantitative estimate of drug-likeness (QED) is 0.568. The van der Waals surface area contributed by atoms with Gasteiger partial charge in [0.25, 0.3) is 5.91 Å². The van der Waals surface area contributed by atoms with Crippen LogP contribution in [-0.4, -0.2) is 49.6 Å². The molecule has 2 aromatic carbocycles. The first-order valence-corrected chi connectivity index (χ1v) is 9.28. The van der Waals surface area contributed by atoms with Crippen LogP contribution in [0.25, 0.3) is 6.08 Å². The molecule has 1 aliphatic heterocycles. The summed E-state index contributed by atoms with van der Waals surface area (Å²) in [7, 11) is 0. The van der Waals surface area contributed by atoms with Crippen LogP contribution in [0.4, 0.5) is 10.1 Å². The molecule has 1 fully saturated rings. The van der Waals surface area contributed by atoms with E-state index in [0.717, 1.165) is 11.8 Å². The zero-order chi connectivity index (χ0) is 19.9. The molecule has 1 heterocycles. The largest absolute Gasteiger partial charge is 0.452 e. The van der Waals surface area contributed by atoms with Crippen LogP contribution in [0, 0.1) is 5.82 Å². The van der Waals surface area contributed by atoms with Crippen molar-refractivity contribution < 1.29 is 18.7 Å². The van der Waals surface area contributed by atoms with E-state index in [1.165, 1.54) is 12.1 Å². The number of anilines is 1. The van der Waals surface area contributed by atoms with E-state index in [-0.39, 0.29) is 18.1 Å². The molecule has 1 amide bonds. The number of piperazine rings is 1. The Labute approximate surface area is 168 Å². The Hall–Kier alpha value is -2.86. The molecule has 0 aliphatic carbocycles. The highest BCUT2D eigenvalue weighted by Gasteiger charge is 2.22. The van der Waals surface area contributed by atoms with Crippen LogP contribution in [0.2, 0.25) is 5.02 Å². The Morgan fingerprint density at radius 2 is 1.82 bits per heavy atom. The third-order valence-corrected chi connectivity index (χ3v) is 4.68. The molecule has 0 spiro atoms. The molecular weight excluding hydrogens is 383 g/mol. The molecule has 0 unspecified atom stereocenters. The molecule has 0 saturated carbocycles. The number of carbonyl (C=O) groups is 2. The summed E-state index contributed by atoms with van der Waals surface area (Å²) >= 11 is 6.02. The van der Waals surface area contributed by atoms with Gasteiger partial charge in [-0.15, -0.1) is 0 Å². The minimum absolute atomic E-state index is 0.251. The molecule has 2 aromatic rings. The normalized spacial score (nSPS) is 14.4. The Kier molecular flexibility index (Phi) is 6.66. The van der Waals surface area contributed by atoms with E-state index in [2.05, 4.69) is 4.90 Å². The zero-order valence-corrected chi connectivity index (χ0v) is 15.9. The molecule has 1 saturated heterocycles. The van der Waals surface area contributed by atoms with Crippen molar-refractivity contribution in [3.05, 3.63) is 71.0 Å². The highest BCUT2D eigenvalue weighted by Crippen LogP contribution is 2.20. The summed E-state index contributed by atoms with van der Waals surface area (Å²) in [4.78, 5) is 27.8. The van der Waals surface area contributed by atoms with Gasteiger partial charge in [-0.1, -0.05) is 35.9 Å². The molecule has 0 radical (unpaired) electrons. The second-order valence-corrected chi connectivity index (χ2v) is 6.75. The van der Waals surface area contributed by atoms with Gasteiger partial charge in [0.1, 0.15) is 5.82 Å². The lowest BCUT2D eigenvalue weighted by Crippen LogP contribution is -2.49. The minimum atomic E-state index is -0.686. The molecule has 0 atom stereocenters.